The van der Waals surface area contributed by atoms with E-state index in [0.717, 1.165) is 5.56 Å². The number of nitrogens with zero attached hydrogens (tertiary/aromatic N) is 1. The third kappa shape index (κ3) is 3.37. The summed E-state index contributed by atoms with van der Waals surface area (Å²) in [4.78, 5) is 13.0. The fraction of sp³-hybridized carbons (Fsp3) is 0.0833. The van der Waals surface area contributed by atoms with Crippen LogP contribution in [0.2, 0.25) is 0 Å². The molecule has 3 N–H and O–H groups in total. The maximum Gasteiger partial charge on any atom is 0.415 e. The number of aromatic amines is 1. The van der Waals surface area contributed by atoms with E-state index in [1.807, 2.05) is 30.3 Å². The number of primary sulfonamides is 1. The van der Waals surface area contributed by atoms with E-state index in [0.29, 0.717) is 0 Å². The summed E-state index contributed by atoms with van der Waals surface area (Å²) >= 11 is 0. The van der Waals surface area contributed by atoms with Crippen molar-refractivity contribution in [1.29, 1.82) is 0 Å². The van der Waals surface area contributed by atoms with Crippen molar-refractivity contribution in [2.24, 2.45) is 10.3 Å². The molecule has 0 saturated carbocycles. The molecule has 0 atom stereocenters. The Morgan fingerprint density at radius 1 is 1.15 bits per heavy atom. The summed E-state index contributed by atoms with van der Waals surface area (Å²) in [5.41, 5.74) is 0.903. The molecule has 0 amide bonds. The van der Waals surface area contributed by atoms with Crippen LogP contribution < -0.4 is 14.9 Å². The Morgan fingerprint density at radius 3 is 2.45 bits per heavy atom. The predicted molar refractivity (Wildman–Crippen MR) is 70.6 cm³/mol. The van der Waals surface area contributed by atoms with Crippen LogP contribution in [-0.2, 0) is 16.6 Å². The molecular weight excluding hydrogens is 282 g/mol. The number of hydrogen-bond acceptors (Lipinski definition) is 5. The summed E-state index contributed by atoms with van der Waals surface area (Å²) < 4.78 is 27.7. The van der Waals surface area contributed by atoms with Crippen molar-refractivity contribution in [3.05, 3.63) is 52.9 Å². The summed E-state index contributed by atoms with van der Waals surface area (Å²) in [7, 11) is -3.93. The molecule has 20 heavy (non-hydrogen) atoms. The molecule has 0 aliphatic heterocycles. The quantitative estimate of drug-likeness (QED) is 0.832. The van der Waals surface area contributed by atoms with Gasteiger partial charge in [-0.1, -0.05) is 30.3 Å². The Hall–Kier alpha value is -2.32. The molecule has 0 fully saturated rings. The lowest BCUT2D eigenvalue weighted by atomic mass is 10.2. The molecule has 0 aliphatic rings. The van der Waals surface area contributed by atoms with Gasteiger partial charge in [-0.3, -0.25) is 0 Å². The van der Waals surface area contributed by atoms with Crippen LogP contribution in [0.4, 0.5) is 5.82 Å². The van der Waals surface area contributed by atoms with Gasteiger partial charge < -0.3 is 4.74 Å². The molecule has 8 heteroatoms. The van der Waals surface area contributed by atoms with Crippen molar-refractivity contribution in [2.75, 3.05) is 0 Å². The Labute approximate surface area is 115 Å². The van der Waals surface area contributed by atoms with E-state index < -0.39 is 10.0 Å². The predicted octanol–water partition coefficient (Wildman–Crippen LogP) is 1.12. The number of rotatable bonds is 5. The van der Waals surface area contributed by atoms with Crippen LogP contribution >= 0.6 is 0 Å². The smallest absolute Gasteiger partial charge is 0.415 e. The van der Waals surface area contributed by atoms with Gasteiger partial charge in [-0.25, -0.2) is 18.5 Å². The lowest BCUT2D eigenvalue weighted by Crippen LogP contribution is -2.23. The number of ether oxygens (including phenoxy) is 1. The zero-order valence-corrected chi connectivity index (χ0v) is 11.1. The van der Waals surface area contributed by atoms with Gasteiger partial charge in [-0.05, 0) is 16.5 Å². The van der Waals surface area contributed by atoms with E-state index in [1.54, 1.807) is 0 Å². The molecular formula is C12H12N3O4S+. The van der Waals surface area contributed by atoms with Crippen LogP contribution in [0.5, 0.6) is 5.75 Å². The van der Waals surface area contributed by atoms with E-state index in [-0.39, 0.29) is 23.2 Å². The summed E-state index contributed by atoms with van der Waals surface area (Å²) in [6.07, 6.45) is 0. The molecule has 0 saturated heterocycles. The van der Waals surface area contributed by atoms with E-state index in [4.69, 9.17) is 9.88 Å². The number of nitrogens with one attached hydrogen (secondary N) is 1. The highest BCUT2D eigenvalue weighted by Crippen LogP contribution is 2.23. The summed E-state index contributed by atoms with van der Waals surface area (Å²) in [6, 6.07) is 11.8. The minimum atomic E-state index is -3.93. The van der Waals surface area contributed by atoms with Gasteiger partial charge in [0.05, 0.1) is 0 Å². The van der Waals surface area contributed by atoms with Crippen LogP contribution in [0, 0.1) is 4.91 Å². The van der Waals surface area contributed by atoms with Gasteiger partial charge in [0.15, 0.2) is 0 Å². The minimum Gasteiger partial charge on any atom is -0.481 e. The maximum atomic E-state index is 11.2. The molecule has 1 aromatic carbocycles. The molecule has 7 nitrogen and oxygen atoms in total. The molecule has 0 spiro atoms. The molecule has 0 radical (unpaired) electrons. The van der Waals surface area contributed by atoms with Crippen molar-refractivity contribution in [2.45, 2.75) is 11.6 Å². The number of benzene rings is 1. The van der Waals surface area contributed by atoms with Crippen molar-refractivity contribution in [3.8, 4) is 5.75 Å². The Balaban J connectivity index is 2.22. The highest BCUT2D eigenvalue weighted by molar-refractivity contribution is 7.89. The SMILES string of the molecule is NS(=O)(=O)c1ccc(OCc2ccccc2)c(N=O)[nH+]1. The standard InChI is InChI=1S/C12H11N3O4S/c13-20(17,18)11-7-6-10(12(14-11)15-16)19-8-9-4-2-1-3-5-9/h1-7H,8H2,(H2,13,17,18)/p+1. The third-order valence-electron chi connectivity index (χ3n) is 2.50. The zero-order valence-electron chi connectivity index (χ0n) is 10.3. The Morgan fingerprint density at radius 2 is 1.85 bits per heavy atom. The molecule has 1 heterocycles. The van der Waals surface area contributed by atoms with Crippen molar-refractivity contribution in [3.63, 3.8) is 0 Å². The van der Waals surface area contributed by atoms with Gasteiger partial charge in [-0.2, -0.15) is 0 Å². The fourth-order valence-electron chi connectivity index (χ4n) is 1.54. The van der Waals surface area contributed by atoms with Crippen LogP contribution in [0.1, 0.15) is 5.56 Å². The molecule has 0 unspecified atom stereocenters. The first-order valence-electron chi connectivity index (χ1n) is 5.60. The summed E-state index contributed by atoms with van der Waals surface area (Å²) in [5, 5.41) is 7.35. The second kappa shape index (κ2) is 5.76. The Bertz CT molecular complexity index is 717. The first-order valence-corrected chi connectivity index (χ1v) is 7.14. The monoisotopic (exact) mass is 294 g/mol. The third-order valence-corrected chi connectivity index (χ3v) is 3.35. The maximum absolute atomic E-state index is 11.2. The normalized spacial score (nSPS) is 11.1. The number of hydrogen-bond donors (Lipinski definition) is 1. The molecule has 104 valence electrons. The number of aromatic nitrogens is 1. The number of nitrogens with two attached hydrogens (primary N) is 1. The molecule has 2 aromatic rings. The molecule has 0 bridgehead atoms. The fourth-order valence-corrected chi connectivity index (χ4v) is 2.03. The van der Waals surface area contributed by atoms with Gasteiger partial charge in [0.2, 0.25) is 16.0 Å². The first-order chi connectivity index (χ1) is 9.50. The van der Waals surface area contributed by atoms with E-state index in [9.17, 15) is 13.3 Å². The average Bonchev–Trinajstić information content (AvgIpc) is 2.45. The highest BCUT2D eigenvalue weighted by Gasteiger charge is 2.21. The lowest BCUT2D eigenvalue weighted by molar-refractivity contribution is -0.414. The zero-order chi connectivity index (χ0) is 14.6. The van der Waals surface area contributed by atoms with E-state index >= 15 is 0 Å². The summed E-state index contributed by atoms with van der Waals surface area (Å²) in [6.45, 7) is 0.228. The molecule has 0 aliphatic carbocycles. The number of sulfonamides is 1. The highest BCUT2D eigenvalue weighted by atomic mass is 32.2. The second-order valence-corrected chi connectivity index (χ2v) is 5.48. The van der Waals surface area contributed by atoms with Crippen molar-refractivity contribution >= 4 is 15.8 Å². The topological polar surface area (TPSA) is 113 Å². The van der Waals surface area contributed by atoms with Gasteiger partial charge in [0.25, 0.3) is 10.0 Å². The summed E-state index contributed by atoms with van der Waals surface area (Å²) in [5.74, 6) is -0.0799. The van der Waals surface area contributed by atoms with E-state index in [1.165, 1.54) is 12.1 Å². The van der Waals surface area contributed by atoms with Gasteiger partial charge in [0, 0.05) is 6.07 Å². The molecule has 1 aromatic heterocycles. The number of pyridine rings is 1. The minimum absolute atomic E-state index is 0.149. The number of nitroso groups, excluding NO2 is 1. The van der Waals surface area contributed by atoms with Crippen molar-refractivity contribution < 1.29 is 18.1 Å². The lowest BCUT2D eigenvalue weighted by Gasteiger charge is -2.05. The van der Waals surface area contributed by atoms with E-state index in [2.05, 4.69) is 10.2 Å². The van der Waals surface area contributed by atoms with Crippen LogP contribution in [0.25, 0.3) is 0 Å². The largest absolute Gasteiger partial charge is 0.481 e. The van der Waals surface area contributed by atoms with Gasteiger partial charge in [0.1, 0.15) is 6.61 Å². The van der Waals surface area contributed by atoms with Crippen LogP contribution in [0.3, 0.4) is 0 Å². The van der Waals surface area contributed by atoms with Gasteiger partial charge in [-0.15, -0.1) is 0 Å². The van der Waals surface area contributed by atoms with Gasteiger partial charge >= 0.3 is 5.82 Å². The average molecular weight is 294 g/mol. The first kappa shape index (κ1) is 14.1. The van der Waals surface area contributed by atoms with Crippen LogP contribution in [0.15, 0.2) is 52.7 Å². The Kier molecular flexibility index (Phi) is 4.06. The van der Waals surface area contributed by atoms with Crippen LogP contribution in [-0.4, -0.2) is 8.42 Å². The van der Waals surface area contributed by atoms with Crippen molar-refractivity contribution in [1.82, 2.24) is 0 Å². The second-order valence-electron chi connectivity index (χ2n) is 3.95. The number of H-pyrrole nitrogens is 1. The molecule has 2 rings (SSSR count).